The Morgan fingerprint density at radius 3 is 1.73 bits per heavy atom. The second-order valence-corrected chi connectivity index (χ2v) is 16.0. The summed E-state index contributed by atoms with van der Waals surface area (Å²) in [5.41, 5.74) is 8.36. The number of rotatable bonds is 10. The van der Waals surface area contributed by atoms with Crippen LogP contribution in [-0.2, 0) is 27.9 Å². The molecule has 0 saturated heterocycles. The second kappa shape index (κ2) is 17.1. The van der Waals surface area contributed by atoms with Gasteiger partial charge in [0, 0.05) is 33.7 Å². The van der Waals surface area contributed by atoms with Crippen molar-refractivity contribution in [2.45, 2.75) is 31.1 Å². The van der Waals surface area contributed by atoms with Gasteiger partial charge in [0.05, 0.1) is 24.5 Å². The number of ether oxygens (including phenoxy) is 3. The van der Waals surface area contributed by atoms with Crippen molar-refractivity contribution in [1.82, 2.24) is 0 Å². The van der Waals surface area contributed by atoms with Crippen molar-refractivity contribution >= 4 is 41.3 Å². The van der Waals surface area contributed by atoms with Gasteiger partial charge in [0.2, 0.25) is 0 Å². The second-order valence-electron chi connectivity index (χ2n) is 16.0. The Hall–Kier alpha value is -7.43. The minimum absolute atomic E-state index is 0.0553. The lowest BCUT2D eigenvalue weighted by molar-refractivity contribution is -0.196. The highest BCUT2D eigenvalue weighted by molar-refractivity contribution is 6.08. The highest BCUT2D eigenvalue weighted by atomic mass is 17.2. The molecule has 6 aromatic rings. The molecule has 6 aromatic carbocycles. The molecule has 1 atom stereocenters. The van der Waals surface area contributed by atoms with Gasteiger partial charge in [-0.2, -0.15) is 4.89 Å². The van der Waals surface area contributed by atoms with Gasteiger partial charge in [-0.25, -0.2) is 4.79 Å². The molecular weight excluding hydrogens is 793 g/mol. The van der Waals surface area contributed by atoms with E-state index < -0.39 is 11.4 Å². The molecule has 1 spiro atoms. The highest BCUT2D eigenvalue weighted by Crippen LogP contribution is 2.57. The zero-order valence-corrected chi connectivity index (χ0v) is 34.5. The number of hydrogen-bond donors (Lipinski definition) is 0. The molecular formula is C53H44N2O8. The summed E-state index contributed by atoms with van der Waals surface area (Å²) < 4.78 is 18.0. The summed E-state index contributed by atoms with van der Waals surface area (Å²) in [6, 6.07) is 41.8. The first-order chi connectivity index (χ1) is 30.9. The summed E-state index contributed by atoms with van der Waals surface area (Å²) in [7, 11) is 0. The standard InChI is InChI=1S/C53H44N2O8/c56-48(24-21-37-20-23-43-47(35-37)60-33-30-55(43)52(58)41-13-5-2-6-14-41)62-44-17-7-15-38-25-27-53(49(38)44)28-26-39-16-8-18-45(50(39)53)63-61-31-9-10-36-19-22-42-46(34-36)59-32-29-54(42)51(57)40-11-3-1-4-12-40/h1-24,34-35H,25-33H2. The Bertz CT molecular complexity index is 2780. The number of esters is 1. The summed E-state index contributed by atoms with van der Waals surface area (Å²) in [5.74, 6) is 1.79. The van der Waals surface area contributed by atoms with E-state index in [1.54, 1.807) is 28.0 Å². The van der Waals surface area contributed by atoms with Crippen molar-refractivity contribution < 1.29 is 38.4 Å². The molecule has 0 radical (unpaired) electrons. The van der Waals surface area contributed by atoms with E-state index >= 15 is 0 Å². The van der Waals surface area contributed by atoms with Gasteiger partial charge in [0.25, 0.3) is 11.8 Å². The van der Waals surface area contributed by atoms with Crippen LogP contribution in [-0.4, -0.2) is 50.7 Å². The SMILES string of the molecule is O=C(C=Cc1ccc2c(c1)OCCN2C(=O)c1ccccc1)Oc1cccc2c1C1(CCc3cccc(OOCC=Cc4ccc5c(c4)OCCN5C(=O)c4ccccc4)c31)CC2. The maximum absolute atomic E-state index is 13.5. The number of nitrogens with zero attached hydrogens (tertiary/aromatic N) is 2. The van der Waals surface area contributed by atoms with E-state index in [9.17, 15) is 14.4 Å². The molecule has 10 heteroatoms. The van der Waals surface area contributed by atoms with Crippen LogP contribution in [0, 0.1) is 0 Å². The van der Waals surface area contributed by atoms with Crippen molar-refractivity contribution in [2.24, 2.45) is 0 Å². The summed E-state index contributed by atoms with van der Waals surface area (Å²) in [6.07, 6.45) is 10.4. The van der Waals surface area contributed by atoms with E-state index in [2.05, 4.69) is 12.1 Å². The Kier molecular flexibility index (Phi) is 10.8. The fraction of sp³-hybridized carbons (Fsp3) is 0.189. The van der Waals surface area contributed by atoms with Crippen molar-refractivity contribution in [3.63, 3.8) is 0 Å². The Morgan fingerprint density at radius 1 is 0.603 bits per heavy atom. The van der Waals surface area contributed by atoms with Gasteiger partial charge in [-0.15, -0.1) is 0 Å². The minimum atomic E-state index is -0.494. The van der Waals surface area contributed by atoms with Crippen LogP contribution in [0.15, 0.2) is 146 Å². The van der Waals surface area contributed by atoms with Crippen LogP contribution in [0.3, 0.4) is 0 Å². The average molecular weight is 837 g/mol. The molecule has 2 amide bonds. The molecule has 2 heterocycles. The molecule has 2 aliphatic carbocycles. The Morgan fingerprint density at radius 2 is 1.14 bits per heavy atom. The van der Waals surface area contributed by atoms with Crippen molar-refractivity contribution in [3.05, 3.63) is 190 Å². The van der Waals surface area contributed by atoms with Crippen LogP contribution in [0.25, 0.3) is 12.2 Å². The summed E-state index contributed by atoms with van der Waals surface area (Å²) in [4.78, 5) is 55.4. The van der Waals surface area contributed by atoms with Gasteiger partial charge in [0.1, 0.15) is 37.1 Å². The number of carbonyl (C=O) groups is 3. The van der Waals surface area contributed by atoms with E-state index in [0.717, 1.165) is 59.2 Å². The number of anilines is 2. The predicted octanol–water partition coefficient (Wildman–Crippen LogP) is 9.59. The molecule has 1 unspecified atom stereocenters. The average Bonchev–Trinajstić information content (AvgIpc) is 3.91. The fourth-order valence-electron chi connectivity index (χ4n) is 9.46. The lowest BCUT2D eigenvalue weighted by Gasteiger charge is -2.30. The smallest absolute Gasteiger partial charge is 0.336 e. The first kappa shape index (κ1) is 39.7. The third kappa shape index (κ3) is 7.74. The highest BCUT2D eigenvalue weighted by Gasteiger charge is 2.49. The van der Waals surface area contributed by atoms with Gasteiger partial charge in [-0.1, -0.05) is 84.9 Å². The van der Waals surface area contributed by atoms with Crippen LogP contribution < -0.4 is 28.9 Å². The normalized spacial score (nSPS) is 17.1. The molecule has 2 aliphatic heterocycles. The maximum Gasteiger partial charge on any atom is 0.336 e. The number of fused-ring (bicyclic) bond motifs is 6. The number of aryl methyl sites for hydroxylation is 2. The van der Waals surface area contributed by atoms with Crippen LogP contribution in [0.1, 0.15) is 66.9 Å². The third-order valence-corrected chi connectivity index (χ3v) is 12.3. The number of hydrogen-bond acceptors (Lipinski definition) is 8. The molecule has 0 aromatic heterocycles. The van der Waals surface area contributed by atoms with E-state index in [-0.39, 0.29) is 18.4 Å². The fourth-order valence-corrected chi connectivity index (χ4v) is 9.46. The molecule has 0 N–H and O–H groups in total. The summed E-state index contributed by atoms with van der Waals surface area (Å²) in [5, 5.41) is 0. The van der Waals surface area contributed by atoms with E-state index in [1.165, 1.54) is 11.6 Å². The lowest BCUT2D eigenvalue weighted by atomic mass is 9.76. The largest absolute Gasteiger partial charge is 0.490 e. The molecule has 63 heavy (non-hydrogen) atoms. The zero-order valence-electron chi connectivity index (χ0n) is 34.5. The van der Waals surface area contributed by atoms with Crippen molar-refractivity contribution in [1.29, 1.82) is 0 Å². The predicted molar refractivity (Wildman–Crippen MR) is 241 cm³/mol. The number of carbonyl (C=O) groups excluding carboxylic acids is 3. The number of amides is 2. The van der Waals surface area contributed by atoms with Gasteiger partial charge in [0.15, 0.2) is 5.75 Å². The van der Waals surface area contributed by atoms with Gasteiger partial charge >= 0.3 is 5.97 Å². The van der Waals surface area contributed by atoms with Crippen LogP contribution in [0.4, 0.5) is 11.4 Å². The van der Waals surface area contributed by atoms with E-state index in [4.69, 9.17) is 24.0 Å². The maximum atomic E-state index is 13.5. The zero-order chi connectivity index (χ0) is 42.8. The third-order valence-electron chi connectivity index (χ3n) is 12.3. The van der Waals surface area contributed by atoms with Crippen molar-refractivity contribution in [3.8, 4) is 23.0 Å². The van der Waals surface area contributed by atoms with Crippen molar-refractivity contribution in [2.75, 3.05) is 42.7 Å². The summed E-state index contributed by atoms with van der Waals surface area (Å²) >= 11 is 0. The monoisotopic (exact) mass is 836 g/mol. The first-order valence-electron chi connectivity index (χ1n) is 21.3. The topological polar surface area (TPSA) is 104 Å². The van der Waals surface area contributed by atoms with Gasteiger partial charge in [-0.05, 0) is 115 Å². The van der Waals surface area contributed by atoms with Crippen LogP contribution >= 0.6 is 0 Å². The Balaban J connectivity index is 0.809. The molecule has 0 fully saturated rings. The van der Waals surface area contributed by atoms with E-state index in [0.29, 0.717) is 66.1 Å². The van der Waals surface area contributed by atoms with E-state index in [1.807, 2.05) is 121 Å². The molecule has 314 valence electrons. The first-order valence-corrected chi connectivity index (χ1v) is 21.3. The molecule has 10 nitrogen and oxygen atoms in total. The molecule has 10 rings (SSSR count). The summed E-state index contributed by atoms with van der Waals surface area (Å²) in [6.45, 7) is 1.90. The lowest BCUT2D eigenvalue weighted by Crippen LogP contribution is -2.37. The van der Waals surface area contributed by atoms with Gasteiger partial charge < -0.3 is 28.9 Å². The quantitative estimate of drug-likeness (QED) is 0.0336. The van der Waals surface area contributed by atoms with Gasteiger partial charge in [-0.3, -0.25) is 9.59 Å². The van der Waals surface area contributed by atoms with Crippen LogP contribution in [0.5, 0.6) is 23.0 Å². The molecule has 0 bridgehead atoms. The number of benzene rings is 6. The molecule has 0 saturated carbocycles. The minimum Gasteiger partial charge on any atom is -0.490 e. The molecule has 4 aliphatic rings. The van der Waals surface area contributed by atoms with Crippen LogP contribution in [0.2, 0.25) is 0 Å². The Labute approximate surface area is 365 Å².